The first-order valence-corrected chi connectivity index (χ1v) is 24.7. The van der Waals surface area contributed by atoms with Gasteiger partial charge in [0.15, 0.2) is 18.9 Å². The van der Waals surface area contributed by atoms with Crippen molar-refractivity contribution in [2.24, 2.45) is 46.3 Å². The molecular weight excluding hydrogens is 879 g/mol. The van der Waals surface area contributed by atoms with Crippen molar-refractivity contribution in [2.45, 2.75) is 216 Å². The number of hydrogen-bond donors (Lipinski definition) is 11. The van der Waals surface area contributed by atoms with Crippen LogP contribution in [-0.2, 0) is 38.0 Å². The molecule has 23 atom stereocenters. The van der Waals surface area contributed by atoms with Gasteiger partial charge in [0.2, 0.25) is 17.7 Å². The van der Waals surface area contributed by atoms with Gasteiger partial charge < -0.3 is 84.8 Å². The van der Waals surface area contributed by atoms with Gasteiger partial charge in [-0.25, -0.2) is 4.79 Å². The first-order valence-electron chi connectivity index (χ1n) is 24.7. The summed E-state index contributed by atoms with van der Waals surface area (Å²) in [7, 11) is 0. The highest BCUT2D eigenvalue weighted by Crippen LogP contribution is 2.67. The summed E-state index contributed by atoms with van der Waals surface area (Å²) in [6, 6.07) is 0. The molecule has 7 aliphatic rings. The summed E-state index contributed by atoms with van der Waals surface area (Å²) < 4.78 is 34.9. The van der Waals surface area contributed by atoms with Gasteiger partial charge in [-0.1, -0.05) is 65.5 Å². The van der Waals surface area contributed by atoms with Crippen LogP contribution in [0, 0.1) is 46.3 Å². The fraction of sp³-hybridized carbons (Fsp3) is 0.917. The van der Waals surface area contributed by atoms with Gasteiger partial charge in [-0.05, 0) is 97.7 Å². The van der Waals surface area contributed by atoms with Crippen molar-refractivity contribution in [3.8, 4) is 0 Å². The highest BCUT2D eigenvalue weighted by molar-refractivity contribution is 5.78. The molecule has 3 aliphatic heterocycles. The lowest BCUT2D eigenvalue weighted by Gasteiger charge is -2.58. The van der Waals surface area contributed by atoms with Crippen molar-refractivity contribution >= 4 is 11.9 Å². The van der Waals surface area contributed by atoms with Crippen LogP contribution in [0.3, 0.4) is 0 Å². The second kappa shape index (κ2) is 21.0. The van der Waals surface area contributed by atoms with Crippen molar-refractivity contribution < 1.29 is 89.1 Å². The number of allylic oxidation sites excluding steroid dienone is 1. The maximum atomic E-state index is 11.8. The Hall–Kier alpha value is -1.92. The average Bonchev–Trinajstić information content (AvgIpc) is 3.63. The molecule has 3 heterocycles. The van der Waals surface area contributed by atoms with Crippen LogP contribution >= 0.6 is 0 Å². The number of amides is 1. The molecule has 1 amide bonds. The van der Waals surface area contributed by atoms with E-state index in [4.69, 9.17) is 28.4 Å². The minimum absolute atomic E-state index is 0.0431. The number of carboxylic acids is 1. The summed E-state index contributed by atoms with van der Waals surface area (Å²) >= 11 is 0. The van der Waals surface area contributed by atoms with Crippen molar-refractivity contribution in [3.05, 3.63) is 11.6 Å². The normalized spacial score (nSPS) is 47.6. The Bertz CT molecular complexity index is 1740. The number of nitrogens with one attached hydrogen (secondary N) is 1. The van der Waals surface area contributed by atoms with E-state index in [0.717, 1.165) is 49.9 Å². The number of fused-ring (bicyclic) bond motifs is 5. The summed E-state index contributed by atoms with van der Waals surface area (Å²) in [6.07, 6.45) is -10.5. The number of carbonyl (C=O) groups excluding carboxylic acids is 1. The molecule has 19 heteroatoms. The lowest BCUT2D eigenvalue weighted by molar-refractivity contribution is -0.367. The zero-order chi connectivity index (χ0) is 48.9. The number of ether oxygens (including phenoxy) is 6. The molecule has 0 bridgehead atoms. The van der Waals surface area contributed by atoms with Crippen molar-refractivity contribution in [3.63, 3.8) is 0 Å². The molecule has 3 saturated heterocycles. The van der Waals surface area contributed by atoms with E-state index in [1.807, 2.05) is 5.32 Å². The number of hydrogen-bond acceptors (Lipinski definition) is 17. The van der Waals surface area contributed by atoms with Crippen LogP contribution in [0.5, 0.6) is 0 Å². The predicted octanol–water partition coefficient (Wildman–Crippen LogP) is 0.808. The largest absolute Gasteiger partial charge is 0.479 e. The predicted molar refractivity (Wildman–Crippen MR) is 235 cm³/mol. The van der Waals surface area contributed by atoms with Gasteiger partial charge in [0, 0.05) is 13.3 Å². The van der Waals surface area contributed by atoms with Crippen LogP contribution in [0.15, 0.2) is 11.6 Å². The Kier molecular flexibility index (Phi) is 16.6. The van der Waals surface area contributed by atoms with Crippen LogP contribution in [0.1, 0.15) is 119 Å². The van der Waals surface area contributed by atoms with E-state index in [2.05, 4.69) is 40.7 Å². The molecule has 0 aromatic carbocycles. The minimum atomic E-state index is -2.64. The van der Waals surface area contributed by atoms with E-state index in [0.29, 0.717) is 23.7 Å². The Morgan fingerprint density at radius 1 is 0.851 bits per heavy atom. The lowest BCUT2D eigenvalue weighted by Crippen LogP contribution is -2.72. The summed E-state index contributed by atoms with van der Waals surface area (Å²) in [4.78, 5) is 23.4. The Morgan fingerprint density at radius 3 is 2.21 bits per heavy atom. The van der Waals surface area contributed by atoms with E-state index in [1.54, 1.807) is 0 Å². The number of aliphatic carboxylic acids is 1. The standard InChI is InChI=1S/C48H79NO18/c1-22(2)8-7-9-23(3)28-12-13-29-27-11-10-25-18-26(14-16-46(25,5)30(27)15-17-47(28,29)6)63-44-39(57)37(55)40(32(20-50)64-44)66-45-38(56)36(54)35(53)33(65-45)21-62-31-19-34(52)48(49-24(4)51,67-43(31)61)41(58)42(59)60/h10,22-23,26-41,43-45,50,52-58,61H,7-9,11-21H2,1-6H3,(H,49,51)(H,59,60)/t23-,26+,27+,28-,29+,30+,31-,32-,33-,34-,35+,36+,37-,38-,39-,40+,41-,43+,44-,45+,46+,47-,48+/m1/s1. The molecule has 11 N–H and O–H groups in total. The van der Waals surface area contributed by atoms with Crippen LogP contribution in [-0.4, -0.2) is 174 Å². The van der Waals surface area contributed by atoms with E-state index in [-0.39, 0.29) is 11.5 Å². The maximum Gasteiger partial charge on any atom is 0.337 e. The van der Waals surface area contributed by atoms with Crippen molar-refractivity contribution in [2.75, 3.05) is 13.2 Å². The Balaban J connectivity index is 0.942. The molecule has 7 rings (SSSR count). The monoisotopic (exact) mass is 958 g/mol. The molecule has 0 unspecified atom stereocenters. The fourth-order valence-electron chi connectivity index (χ4n) is 13.7. The van der Waals surface area contributed by atoms with E-state index in [1.165, 1.54) is 50.5 Å². The first kappa shape index (κ1) is 52.9. The zero-order valence-electron chi connectivity index (χ0n) is 39.8. The topological polar surface area (TPSA) is 304 Å². The third-order valence-electron chi connectivity index (χ3n) is 17.4. The third kappa shape index (κ3) is 10.3. The van der Waals surface area contributed by atoms with Crippen molar-refractivity contribution in [1.29, 1.82) is 0 Å². The third-order valence-corrected chi connectivity index (χ3v) is 17.4. The van der Waals surface area contributed by atoms with E-state index < -0.39 is 123 Å². The summed E-state index contributed by atoms with van der Waals surface area (Å²) in [6.45, 7) is 11.8. The van der Waals surface area contributed by atoms with E-state index in [9.17, 15) is 60.7 Å². The van der Waals surface area contributed by atoms with Gasteiger partial charge in [-0.2, -0.15) is 0 Å². The van der Waals surface area contributed by atoms with Crippen molar-refractivity contribution in [1.82, 2.24) is 5.32 Å². The Morgan fingerprint density at radius 2 is 1.54 bits per heavy atom. The summed E-state index contributed by atoms with van der Waals surface area (Å²) in [5.41, 5.74) is -0.849. The number of carboxylic acid groups (broad SMARTS) is 1. The number of carbonyl (C=O) groups is 2. The molecule has 3 saturated carbocycles. The van der Waals surface area contributed by atoms with Crippen LogP contribution in [0.2, 0.25) is 0 Å². The van der Waals surface area contributed by atoms with Gasteiger partial charge in [0.25, 0.3) is 0 Å². The van der Waals surface area contributed by atoms with Crippen LogP contribution in [0.25, 0.3) is 0 Å². The summed E-state index contributed by atoms with van der Waals surface area (Å²) in [5, 5.41) is 109. The number of rotatable bonds is 16. The van der Waals surface area contributed by atoms with Gasteiger partial charge in [-0.15, -0.1) is 0 Å². The molecule has 6 fully saturated rings. The minimum Gasteiger partial charge on any atom is -0.479 e. The van der Waals surface area contributed by atoms with Gasteiger partial charge in [-0.3, -0.25) is 4.79 Å². The Labute approximate surface area is 393 Å². The second-order valence-corrected chi connectivity index (χ2v) is 22.0. The number of aliphatic hydroxyl groups is 9. The molecule has 0 radical (unpaired) electrons. The smallest absolute Gasteiger partial charge is 0.337 e. The van der Waals surface area contributed by atoms with Crippen LogP contribution < -0.4 is 5.32 Å². The zero-order valence-corrected chi connectivity index (χ0v) is 39.8. The average molecular weight is 958 g/mol. The molecule has 4 aliphatic carbocycles. The quantitative estimate of drug-likeness (QED) is 0.0954. The molecule has 19 nitrogen and oxygen atoms in total. The van der Waals surface area contributed by atoms with Gasteiger partial charge >= 0.3 is 5.97 Å². The SMILES string of the molecule is CC(=O)N[C@]1([C@H](O)C(=O)O)O[C@H](O)[C@H](OC[C@H]2O[C@@H](O[C@@H]3[C@H](O)[C@@H](O)[C@H](O[C@H]4CC[C@@]5(C)C(=CC[C@H]6[C@@H]7CC[C@H]([C@H](C)CCCC(C)C)[C@@]7(C)CC[C@@H]65)C4)O[C@@H]3CO)[C@H](O)[C@@H](O)[C@H]2O)C[C@H]1O. The molecule has 0 aromatic heterocycles. The molecular formula is C48H79NO18. The molecule has 0 aromatic rings. The first-order chi connectivity index (χ1) is 31.6. The lowest BCUT2D eigenvalue weighted by atomic mass is 9.47. The summed E-state index contributed by atoms with van der Waals surface area (Å²) in [5.74, 6) is 1.49. The fourth-order valence-corrected chi connectivity index (χ4v) is 13.7. The van der Waals surface area contributed by atoms with Crippen LogP contribution in [0.4, 0.5) is 0 Å². The molecule has 0 spiro atoms. The second-order valence-electron chi connectivity index (χ2n) is 22.0. The van der Waals surface area contributed by atoms with Gasteiger partial charge in [0.05, 0.1) is 19.3 Å². The number of aliphatic hydroxyl groups excluding tert-OH is 9. The molecule has 67 heavy (non-hydrogen) atoms. The molecule has 384 valence electrons. The maximum absolute atomic E-state index is 11.8. The van der Waals surface area contributed by atoms with E-state index >= 15 is 0 Å². The highest BCUT2D eigenvalue weighted by atomic mass is 16.7. The van der Waals surface area contributed by atoms with Gasteiger partial charge in [0.1, 0.15) is 61.0 Å². The highest BCUT2D eigenvalue weighted by Gasteiger charge is 2.61.